The number of nitrogens with one attached hydrogen (secondary N) is 1. The van der Waals surface area contributed by atoms with Crippen LogP contribution in [-0.4, -0.2) is 35.8 Å². The summed E-state index contributed by atoms with van der Waals surface area (Å²) in [6.45, 7) is 4.86. The van der Waals surface area contributed by atoms with E-state index < -0.39 is 0 Å². The van der Waals surface area contributed by atoms with Gasteiger partial charge in [-0.15, -0.1) is 0 Å². The van der Waals surface area contributed by atoms with E-state index in [1.807, 2.05) is 4.90 Å². The molecule has 1 aliphatic carbocycles. The average molecular weight is 303 g/mol. The van der Waals surface area contributed by atoms with Crippen molar-refractivity contribution < 1.29 is 9.59 Å². The second-order valence-corrected chi connectivity index (χ2v) is 6.13. The third-order valence-electron chi connectivity index (χ3n) is 3.93. The highest BCUT2D eigenvalue weighted by Gasteiger charge is 2.32. The minimum atomic E-state index is -0.301. The van der Waals surface area contributed by atoms with E-state index in [1.165, 1.54) is 5.56 Å². The number of carbonyl (C=O) groups excluding carboxylic acids is 2. The zero-order valence-corrected chi connectivity index (χ0v) is 13.3. The van der Waals surface area contributed by atoms with Crippen LogP contribution in [-0.2, 0) is 16.1 Å². The van der Waals surface area contributed by atoms with Crippen molar-refractivity contribution in [3.8, 4) is 0 Å². The van der Waals surface area contributed by atoms with Gasteiger partial charge < -0.3 is 16.0 Å². The molecule has 0 unspecified atom stereocenters. The molecule has 0 aromatic heterocycles. The molecule has 1 fully saturated rings. The summed E-state index contributed by atoms with van der Waals surface area (Å²) in [5.74, 6) is 0.157. The fourth-order valence-corrected chi connectivity index (χ4v) is 2.36. The average Bonchev–Trinajstić information content (AvgIpc) is 3.35. The lowest BCUT2D eigenvalue weighted by Gasteiger charge is -2.23. The van der Waals surface area contributed by atoms with E-state index in [9.17, 15) is 9.59 Å². The number of benzene rings is 1. The second-order valence-electron chi connectivity index (χ2n) is 6.13. The summed E-state index contributed by atoms with van der Waals surface area (Å²) < 4.78 is 0. The molecule has 120 valence electrons. The molecular formula is C17H25N3O2. The smallest absolute Gasteiger partial charge is 0.242 e. The van der Waals surface area contributed by atoms with E-state index in [0.29, 0.717) is 18.5 Å². The van der Waals surface area contributed by atoms with Crippen LogP contribution in [0.5, 0.6) is 0 Å². The maximum atomic E-state index is 12.3. The lowest BCUT2D eigenvalue weighted by Crippen LogP contribution is -2.42. The van der Waals surface area contributed by atoms with E-state index in [-0.39, 0.29) is 24.9 Å². The van der Waals surface area contributed by atoms with E-state index >= 15 is 0 Å². The monoisotopic (exact) mass is 303 g/mol. The summed E-state index contributed by atoms with van der Waals surface area (Å²) in [6, 6.07) is 8.71. The Morgan fingerprint density at radius 1 is 1.27 bits per heavy atom. The highest BCUT2D eigenvalue weighted by molar-refractivity contribution is 5.85. The molecular weight excluding hydrogens is 278 g/mol. The molecule has 3 N–H and O–H groups in total. The van der Waals surface area contributed by atoms with Gasteiger partial charge in [0, 0.05) is 12.6 Å². The summed E-state index contributed by atoms with van der Waals surface area (Å²) in [6.07, 6.45) is 2.08. The Morgan fingerprint density at radius 3 is 2.41 bits per heavy atom. The van der Waals surface area contributed by atoms with Gasteiger partial charge >= 0.3 is 0 Å². The molecule has 5 nitrogen and oxygen atoms in total. The molecule has 0 heterocycles. The minimum Gasteiger partial charge on any atom is -0.346 e. The molecule has 5 heteroatoms. The van der Waals surface area contributed by atoms with Crippen molar-refractivity contribution in [2.45, 2.75) is 45.2 Å². The zero-order chi connectivity index (χ0) is 16.1. The number of nitrogens with two attached hydrogens (primary N) is 1. The van der Waals surface area contributed by atoms with Crippen LogP contribution >= 0.6 is 0 Å². The largest absolute Gasteiger partial charge is 0.346 e. The predicted molar refractivity (Wildman–Crippen MR) is 86.2 cm³/mol. The molecule has 0 bridgehead atoms. The van der Waals surface area contributed by atoms with Crippen LogP contribution in [0.3, 0.4) is 0 Å². The predicted octanol–water partition coefficient (Wildman–Crippen LogP) is 1.38. The first-order valence-corrected chi connectivity index (χ1v) is 7.86. The maximum Gasteiger partial charge on any atom is 0.242 e. The fraction of sp³-hybridized carbons (Fsp3) is 0.529. The number of hydrogen-bond acceptors (Lipinski definition) is 3. The molecule has 0 atom stereocenters. The Balaban J connectivity index is 1.96. The second kappa shape index (κ2) is 7.40. The van der Waals surface area contributed by atoms with Crippen LogP contribution in [0, 0.1) is 0 Å². The molecule has 1 aromatic rings. The Hall–Kier alpha value is -1.88. The van der Waals surface area contributed by atoms with Gasteiger partial charge in [-0.2, -0.15) is 0 Å². The first kappa shape index (κ1) is 16.5. The van der Waals surface area contributed by atoms with Crippen molar-refractivity contribution in [3.63, 3.8) is 0 Å². The van der Waals surface area contributed by atoms with Gasteiger partial charge in [0.25, 0.3) is 0 Å². The van der Waals surface area contributed by atoms with Gasteiger partial charge in [-0.25, -0.2) is 0 Å². The van der Waals surface area contributed by atoms with Gasteiger partial charge in [0.1, 0.15) is 0 Å². The number of rotatable bonds is 7. The van der Waals surface area contributed by atoms with Crippen molar-refractivity contribution in [2.75, 3.05) is 13.1 Å². The van der Waals surface area contributed by atoms with E-state index in [0.717, 1.165) is 18.4 Å². The van der Waals surface area contributed by atoms with Gasteiger partial charge in [-0.3, -0.25) is 9.59 Å². The summed E-state index contributed by atoms with van der Waals surface area (Å²) in [7, 11) is 0. The number of carbonyl (C=O) groups is 2. The Bertz CT molecular complexity index is 521. The Labute approximate surface area is 131 Å². The molecule has 0 saturated heterocycles. The first-order chi connectivity index (χ1) is 10.5. The van der Waals surface area contributed by atoms with Crippen LogP contribution in [0.4, 0.5) is 0 Å². The molecule has 1 saturated carbocycles. The van der Waals surface area contributed by atoms with E-state index in [4.69, 9.17) is 5.73 Å². The molecule has 0 aliphatic heterocycles. The van der Waals surface area contributed by atoms with Crippen LogP contribution in [0.2, 0.25) is 0 Å². The molecule has 1 aliphatic rings. The molecule has 0 spiro atoms. The van der Waals surface area contributed by atoms with Crippen molar-refractivity contribution in [3.05, 3.63) is 35.4 Å². The van der Waals surface area contributed by atoms with E-state index in [2.05, 4.69) is 43.4 Å². The topological polar surface area (TPSA) is 75.4 Å². The van der Waals surface area contributed by atoms with Crippen molar-refractivity contribution >= 4 is 11.8 Å². The van der Waals surface area contributed by atoms with Crippen molar-refractivity contribution in [1.29, 1.82) is 0 Å². The van der Waals surface area contributed by atoms with Gasteiger partial charge in [-0.1, -0.05) is 38.1 Å². The van der Waals surface area contributed by atoms with Crippen LogP contribution in [0.25, 0.3) is 0 Å². The third-order valence-corrected chi connectivity index (χ3v) is 3.93. The summed E-state index contributed by atoms with van der Waals surface area (Å²) >= 11 is 0. The van der Waals surface area contributed by atoms with Crippen molar-refractivity contribution in [1.82, 2.24) is 10.2 Å². The first-order valence-electron chi connectivity index (χ1n) is 7.86. The summed E-state index contributed by atoms with van der Waals surface area (Å²) in [5.41, 5.74) is 7.65. The van der Waals surface area contributed by atoms with Gasteiger partial charge in [0.2, 0.25) is 11.8 Å². The van der Waals surface area contributed by atoms with Crippen molar-refractivity contribution in [2.24, 2.45) is 5.73 Å². The lowest BCUT2D eigenvalue weighted by molar-refractivity contribution is -0.133. The van der Waals surface area contributed by atoms with E-state index in [1.54, 1.807) is 0 Å². The SMILES string of the molecule is CC(C)c1ccc(CN(C(=O)CNC(=O)CN)C2CC2)cc1. The highest BCUT2D eigenvalue weighted by Crippen LogP contribution is 2.28. The quantitative estimate of drug-likeness (QED) is 0.799. The Morgan fingerprint density at radius 2 is 1.91 bits per heavy atom. The summed E-state index contributed by atoms with van der Waals surface area (Å²) in [4.78, 5) is 25.3. The highest BCUT2D eigenvalue weighted by atomic mass is 16.2. The molecule has 0 radical (unpaired) electrons. The standard InChI is InChI=1S/C17H25N3O2/c1-12(2)14-5-3-13(4-6-14)11-20(15-7-8-15)17(22)10-19-16(21)9-18/h3-6,12,15H,7-11,18H2,1-2H3,(H,19,21). The maximum absolute atomic E-state index is 12.3. The van der Waals surface area contributed by atoms with Gasteiger partial charge in [0.05, 0.1) is 13.1 Å². The van der Waals surface area contributed by atoms with Crippen LogP contribution in [0.1, 0.15) is 43.7 Å². The molecule has 2 rings (SSSR count). The third kappa shape index (κ3) is 4.56. The normalized spacial score (nSPS) is 14.0. The molecule has 22 heavy (non-hydrogen) atoms. The van der Waals surface area contributed by atoms with Gasteiger partial charge in [-0.05, 0) is 29.9 Å². The number of amides is 2. The zero-order valence-electron chi connectivity index (χ0n) is 13.3. The fourth-order valence-electron chi connectivity index (χ4n) is 2.36. The lowest BCUT2D eigenvalue weighted by atomic mass is 10.0. The molecule has 2 amide bonds. The molecule has 1 aromatic carbocycles. The number of hydrogen-bond donors (Lipinski definition) is 2. The minimum absolute atomic E-state index is 0.0244. The van der Waals surface area contributed by atoms with Crippen LogP contribution < -0.4 is 11.1 Å². The Kier molecular flexibility index (Phi) is 5.55. The summed E-state index contributed by atoms with van der Waals surface area (Å²) in [5, 5.41) is 2.55. The van der Waals surface area contributed by atoms with Gasteiger partial charge in [0.15, 0.2) is 0 Å². The number of nitrogens with zero attached hydrogens (tertiary/aromatic N) is 1. The van der Waals surface area contributed by atoms with Crippen LogP contribution in [0.15, 0.2) is 24.3 Å².